The number of amides is 1. The van der Waals surface area contributed by atoms with Crippen LogP contribution < -0.4 is 10.5 Å². The molecule has 0 aliphatic rings. The van der Waals surface area contributed by atoms with E-state index in [1.165, 1.54) is 25.3 Å². The molecule has 14 heavy (non-hydrogen) atoms. The summed E-state index contributed by atoms with van der Waals surface area (Å²) in [6, 6.07) is 4.26. The van der Waals surface area contributed by atoms with Crippen molar-refractivity contribution in [2.45, 2.75) is 0 Å². The maximum absolute atomic E-state index is 13.1. The molecule has 0 aliphatic heterocycles. The number of carbonyl (C=O) groups excluding carboxylic acids is 1. The summed E-state index contributed by atoms with van der Waals surface area (Å²) in [7, 11) is 1.33. The number of rotatable bonds is 1. The Kier molecular flexibility index (Phi) is 3.08. The Bertz CT molecular complexity index is 418. The Morgan fingerprint density at radius 2 is 2.29 bits per heavy atom. The molecule has 0 spiro atoms. The first-order valence-electron chi connectivity index (χ1n) is 3.79. The zero-order valence-corrected chi connectivity index (χ0v) is 7.50. The smallest absolute Gasteiger partial charge is 0.293 e. The lowest BCUT2D eigenvalue weighted by Gasteiger charge is -2.02. The van der Waals surface area contributed by atoms with E-state index in [-0.39, 0.29) is 5.75 Å². The molecular weight excluding hydrogens is 185 g/mol. The summed E-state index contributed by atoms with van der Waals surface area (Å²) >= 11 is 0. The van der Waals surface area contributed by atoms with Crippen molar-refractivity contribution >= 4 is 5.91 Å². The van der Waals surface area contributed by atoms with Crippen molar-refractivity contribution in [3.63, 3.8) is 0 Å². The Morgan fingerprint density at radius 1 is 1.57 bits per heavy atom. The van der Waals surface area contributed by atoms with E-state index in [1.807, 2.05) is 0 Å². The predicted octanol–water partition coefficient (Wildman–Crippen LogP) is 0.671. The predicted molar refractivity (Wildman–Crippen MR) is 49.0 cm³/mol. The third-order valence-corrected chi connectivity index (χ3v) is 1.49. The molecule has 1 rings (SSSR count). The van der Waals surface area contributed by atoms with E-state index in [2.05, 4.69) is 11.8 Å². The minimum Gasteiger partial charge on any atom is -0.492 e. The largest absolute Gasteiger partial charge is 0.492 e. The van der Waals surface area contributed by atoms with Gasteiger partial charge in [-0.15, -0.1) is 0 Å². The van der Waals surface area contributed by atoms with E-state index in [0.29, 0.717) is 5.56 Å². The first-order chi connectivity index (χ1) is 6.65. The van der Waals surface area contributed by atoms with Gasteiger partial charge in [-0.3, -0.25) is 4.79 Å². The van der Waals surface area contributed by atoms with E-state index < -0.39 is 11.7 Å². The Hall–Kier alpha value is -2.02. The molecule has 72 valence electrons. The number of primary amides is 1. The number of benzene rings is 1. The zero-order valence-electron chi connectivity index (χ0n) is 7.50. The first kappa shape index (κ1) is 10.1. The van der Waals surface area contributed by atoms with Crippen molar-refractivity contribution in [1.82, 2.24) is 0 Å². The first-order valence-corrected chi connectivity index (χ1v) is 3.79. The van der Waals surface area contributed by atoms with Gasteiger partial charge in [0.05, 0.1) is 12.7 Å². The van der Waals surface area contributed by atoms with Gasteiger partial charge in [-0.25, -0.2) is 4.39 Å². The summed E-state index contributed by atoms with van der Waals surface area (Å²) in [5, 5.41) is 0. The molecule has 0 aromatic heterocycles. The van der Waals surface area contributed by atoms with Gasteiger partial charge in [0, 0.05) is 5.92 Å². The maximum atomic E-state index is 13.1. The van der Waals surface area contributed by atoms with Crippen LogP contribution in [0.5, 0.6) is 5.75 Å². The zero-order chi connectivity index (χ0) is 10.6. The van der Waals surface area contributed by atoms with Crippen LogP contribution in [0.3, 0.4) is 0 Å². The van der Waals surface area contributed by atoms with Gasteiger partial charge in [0.1, 0.15) is 0 Å². The average molecular weight is 193 g/mol. The molecule has 0 saturated carbocycles. The molecule has 3 nitrogen and oxygen atoms in total. The van der Waals surface area contributed by atoms with E-state index in [4.69, 9.17) is 10.5 Å². The normalized spacial score (nSPS) is 8.71. The number of hydrogen-bond donors (Lipinski definition) is 1. The van der Waals surface area contributed by atoms with Crippen molar-refractivity contribution in [3.8, 4) is 17.6 Å². The standard InChI is InChI=1S/C10H8FNO2/c1-14-10-7(5-6-9(12)13)3-2-4-8(10)11/h2-4H,1H3,(H2,12,13). The van der Waals surface area contributed by atoms with Crippen LogP contribution in [0.1, 0.15) is 5.56 Å². The number of methoxy groups -OCH3 is 1. The molecule has 0 heterocycles. The van der Waals surface area contributed by atoms with Crippen molar-refractivity contribution in [1.29, 1.82) is 0 Å². The highest BCUT2D eigenvalue weighted by atomic mass is 19.1. The van der Waals surface area contributed by atoms with E-state index in [1.54, 1.807) is 0 Å². The molecule has 1 aromatic rings. The summed E-state index contributed by atoms with van der Waals surface area (Å²) in [6.45, 7) is 0. The molecule has 0 radical (unpaired) electrons. The second kappa shape index (κ2) is 4.28. The average Bonchev–Trinajstić information content (AvgIpc) is 2.14. The SMILES string of the molecule is COc1c(F)cccc1C#CC(N)=O. The van der Waals surface area contributed by atoms with Crippen LogP contribution in [-0.2, 0) is 4.79 Å². The lowest BCUT2D eigenvalue weighted by Crippen LogP contribution is -2.06. The van der Waals surface area contributed by atoms with Gasteiger partial charge in [-0.05, 0) is 12.1 Å². The molecule has 0 aliphatic carbocycles. The van der Waals surface area contributed by atoms with Crippen LogP contribution >= 0.6 is 0 Å². The molecule has 0 fully saturated rings. The van der Waals surface area contributed by atoms with Crippen molar-refractivity contribution < 1.29 is 13.9 Å². The molecule has 0 bridgehead atoms. The van der Waals surface area contributed by atoms with Crippen molar-refractivity contribution in [3.05, 3.63) is 29.6 Å². The van der Waals surface area contributed by atoms with Crippen LogP contribution in [0.25, 0.3) is 0 Å². The van der Waals surface area contributed by atoms with Crippen molar-refractivity contribution in [2.75, 3.05) is 7.11 Å². The molecule has 0 saturated heterocycles. The van der Waals surface area contributed by atoms with Crippen LogP contribution in [0.2, 0.25) is 0 Å². The van der Waals surface area contributed by atoms with Gasteiger partial charge in [0.25, 0.3) is 5.91 Å². The fourth-order valence-corrected chi connectivity index (χ4v) is 0.944. The lowest BCUT2D eigenvalue weighted by molar-refractivity contribution is -0.112. The second-order valence-corrected chi connectivity index (χ2v) is 2.43. The summed E-state index contributed by atoms with van der Waals surface area (Å²) in [5.74, 6) is 3.24. The third-order valence-electron chi connectivity index (χ3n) is 1.49. The van der Waals surface area contributed by atoms with Crippen LogP contribution in [0.15, 0.2) is 18.2 Å². The highest BCUT2D eigenvalue weighted by Gasteiger charge is 2.05. The highest BCUT2D eigenvalue weighted by Crippen LogP contribution is 2.20. The van der Waals surface area contributed by atoms with Crippen molar-refractivity contribution in [2.24, 2.45) is 5.73 Å². The topological polar surface area (TPSA) is 52.3 Å². The monoisotopic (exact) mass is 193 g/mol. The number of para-hydroxylation sites is 1. The molecule has 1 aromatic carbocycles. The van der Waals surface area contributed by atoms with Gasteiger partial charge >= 0.3 is 0 Å². The Morgan fingerprint density at radius 3 is 2.86 bits per heavy atom. The van der Waals surface area contributed by atoms with Gasteiger partial charge < -0.3 is 10.5 Å². The summed E-state index contributed by atoms with van der Waals surface area (Å²) in [4.78, 5) is 10.4. The van der Waals surface area contributed by atoms with Gasteiger partial charge in [-0.2, -0.15) is 0 Å². The number of hydrogen-bond acceptors (Lipinski definition) is 2. The van der Waals surface area contributed by atoms with Crippen LogP contribution in [-0.4, -0.2) is 13.0 Å². The van der Waals surface area contributed by atoms with Gasteiger partial charge in [0.2, 0.25) is 0 Å². The van der Waals surface area contributed by atoms with Gasteiger partial charge in [-0.1, -0.05) is 12.0 Å². The fraction of sp³-hybridized carbons (Fsp3) is 0.100. The number of nitrogens with two attached hydrogens (primary N) is 1. The number of halogens is 1. The molecule has 0 atom stereocenters. The third kappa shape index (κ3) is 2.23. The highest BCUT2D eigenvalue weighted by molar-refractivity contribution is 5.92. The quantitative estimate of drug-likeness (QED) is 0.666. The second-order valence-electron chi connectivity index (χ2n) is 2.43. The molecule has 1 amide bonds. The van der Waals surface area contributed by atoms with E-state index >= 15 is 0 Å². The summed E-state index contributed by atoms with van der Waals surface area (Å²) < 4.78 is 17.8. The van der Waals surface area contributed by atoms with E-state index in [0.717, 1.165) is 0 Å². The number of ether oxygens (including phenoxy) is 1. The molecule has 0 unspecified atom stereocenters. The van der Waals surface area contributed by atoms with Gasteiger partial charge in [0.15, 0.2) is 11.6 Å². The molecule has 4 heteroatoms. The fourth-order valence-electron chi connectivity index (χ4n) is 0.944. The lowest BCUT2D eigenvalue weighted by atomic mass is 10.2. The molecule has 2 N–H and O–H groups in total. The minimum atomic E-state index is -0.767. The number of carbonyl (C=O) groups is 1. The minimum absolute atomic E-state index is 0.0150. The van der Waals surface area contributed by atoms with Crippen LogP contribution in [0.4, 0.5) is 4.39 Å². The summed E-state index contributed by atoms with van der Waals surface area (Å²) in [6.07, 6.45) is 0. The van der Waals surface area contributed by atoms with Crippen LogP contribution in [0, 0.1) is 17.7 Å². The van der Waals surface area contributed by atoms with E-state index in [9.17, 15) is 9.18 Å². The summed E-state index contributed by atoms with van der Waals surface area (Å²) in [5.41, 5.74) is 5.12. The molecular formula is C10H8FNO2. The Labute approximate surface area is 80.7 Å². The maximum Gasteiger partial charge on any atom is 0.293 e. The Balaban J connectivity index is 3.16.